The first-order valence-corrected chi connectivity index (χ1v) is 9.08. The normalized spacial score (nSPS) is 15.3. The summed E-state index contributed by atoms with van der Waals surface area (Å²) in [5.41, 5.74) is 4.66. The molecule has 1 atom stereocenters. The average molecular weight is 324 g/mol. The van der Waals surface area contributed by atoms with Gasteiger partial charge in [-0.05, 0) is 67.8 Å². The van der Waals surface area contributed by atoms with Gasteiger partial charge in [-0.25, -0.2) is 0 Å². The molecular formula is C19H20N2OS. The summed E-state index contributed by atoms with van der Waals surface area (Å²) in [6, 6.07) is 10.1. The fourth-order valence-electron chi connectivity index (χ4n) is 3.44. The number of hydrogen-bond acceptors (Lipinski definition) is 2. The van der Waals surface area contributed by atoms with Gasteiger partial charge >= 0.3 is 0 Å². The Labute approximate surface area is 139 Å². The zero-order valence-corrected chi connectivity index (χ0v) is 14.0. The van der Waals surface area contributed by atoms with Gasteiger partial charge in [-0.2, -0.15) is 0 Å². The van der Waals surface area contributed by atoms with Gasteiger partial charge in [0.05, 0.1) is 6.04 Å². The molecule has 1 amide bonds. The topological polar surface area (TPSA) is 44.9 Å². The first-order valence-electron chi connectivity index (χ1n) is 8.20. The Morgan fingerprint density at radius 3 is 2.96 bits per heavy atom. The highest BCUT2D eigenvalue weighted by molar-refractivity contribution is 7.10. The summed E-state index contributed by atoms with van der Waals surface area (Å²) in [4.78, 5) is 17.3. The zero-order valence-electron chi connectivity index (χ0n) is 13.2. The lowest BCUT2D eigenvalue weighted by atomic mass is 9.95. The molecule has 0 radical (unpaired) electrons. The van der Waals surface area contributed by atoms with Crippen LogP contribution in [0.3, 0.4) is 0 Å². The van der Waals surface area contributed by atoms with E-state index in [-0.39, 0.29) is 11.9 Å². The largest absolute Gasteiger partial charge is 0.358 e. The van der Waals surface area contributed by atoms with E-state index in [2.05, 4.69) is 16.4 Å². The quantitative estimate of drug-likeness (QED) is 0.726. The first kappa shape index (κ1) is 14.5. The molecule has 2 N–H and O–H groups in total. The number of amides is 1. The first-order chi connectivity index (χ1) is 11.2. The smallest absolute Gasteiger partial charge is 0.251 e. The van der Waals surface area contributed by atoms with Gasteiger partial charge in [0.1, 0.15) is 0 Å². The van der Waals surface area contributed by atoms with Gasteiger partial charge in [0.2, 0.25) is 0 Å². The van der Waals surface area contributed by atoms with Crippen molar-refractivity contribution < 1.29 is 4.79 Å². The minimum Gasteiger partial charge on any atom is -0.358 e. The summed E-state index contributed by atoms with van der Waals surface area (Å²) < 4.78 is 0. The van der Waals surface area contributed by atoms with Crippen LogP contribution in [0, 0.1) is 0 Å². The van der Waals surface area contributed by atoms with Gasteiger partial charge < -0.3 is 10.3 Å². The van der Waals surface area contributed by atoms with Crippen molar-refractivity contribution in [2.75, 3.05) is 0 Å². The van der Waals surface area contributed by atoms with Crippen LogP contribution in [0.15, 0.2) is 35.7 Å². The Kier molecular flexibility index (Phi) is 3.69. The molecule has 1 aromatic carbocycles. The Morgan fingerprint density at radius 2 is 2.13 bits per heavy atom. The Morgan fingerprint density at radius 1 is 1.26 bits per heavy atom. The van der Waals surface area contributed by atoms with Crippen molar-refractivity contribution in [1.82, 2.24) is 10.3 Å². The lowest BCUT2D eigenvalue weighted by Crippen LogP contribution is -2.26. The second-order valence-electron chi connectivity index (χ2n) is 6.26. The third-order valence-corrected chi connectivity index (χ3v) is 5.73. The van der Waals surface area contributed by atoms with Crippen LogP contribution in [0.5, 0.6) is 0 Å². The van der Waals surface area contributed by atoms with Crippen molar-refractivity contribution >= 4 is 28.1 Å². The molecule has 0 saturated heterocycles. The summed E-state index contributed by atoms with van der Waals surface area (Å²) >= 11 is 1.67. The Bertz CT molecular complexity index is 848. The zero-order chi connectivity index (χ0) is 15.8. The number of hydrogen-bond donors (Lipinski definition) is 2. The molecule has 0 fully saturated rings. The van der Waals surface area contributed by atoms with E-state index >= 15 is 0 Å². The number of nitrogens with one attached hydrogen (secondary N) is 2. The monoisotopic (exact) mass is 324 g/mol. The number of rotatable bonds is 3. The molecule has 23 heavy (non-hydrogen) atoms. The van der Waals surface area contributed by atoms with E-state index in [1.165, 1.54) is 34.4 Å². The van der Waals surface area contributed by atoms with E-state index in [1.54, 1.807) is 11.3 Å². The predicted molar refractivity (Wildman–Crippen MR) is 95.1 cm³/mol. The van der Waals surface area contributed by atoms with Crippen molar-refractivity contribution in [1.29, 1.82) is 0 Å². The van der Waals surface area contributed by atoms with Crippen molar-refractivity contribution in [3.63, 3.8) is 0 Å². The molecule has 4 rings (SSSR count). The van der Waals surface area contributed by atoms with Crippen LogP contribution in [0.4, 0.5) is 0 Å². The molecule has 0 bridgehead atoms. The molecule has 1 unspecified atom stereocenters. The average Bonchev–Trinajstić information content (AvgIpc) is 3.22. The van der Waals surface area contributed by atoms with Crippen LogP contribution >= 0.6 is 11.3 Å². The fraction of sp³-hybridized carbons (Fsp3) is 0.316. The van der Waals surface area contributed by atoms with E-state index in [1.807, 2.05) is 36.6 Å². The molecule has 3 nitrogen and oxygen atoms in total. The minimum absolute atomic E-state index is 0.00133. The molecular weight excluding hydrogens is 304 g/mol. The van der Waals surface area contributed by atoms with Gasteiger partial charge in [-0.1, -0.05) is 6.07 Å². The van der Waals surface area contributed by atoms with Crippen molar-refractivity contribution in [2.45, 2.75) is 38.6 Å². The number of aromatic nitrogens is 1. The van der Waals surface area contributed by atoms with Crippen molar-refractivity contribution in [3.8, 4) is 0 Å². The maximum Gasteiger partial charge on any atom is 0.251 e. The fourth-order valence-corrected chi connectivity index (χ4v) is 4.17. The van der Waals surface area contributed by atoms with Crippen LogP contribution < -0.4 is 5.32 Å². The lowest BCUT2D eigenvalue weighted by Gasteiger charge is -2.13. The van der Waals surface area contributed by atoms with Gasteiger partial charge in [-0.3, -0.25) is 4.79 Å². The van der Waals surface area contributed by atoms with E-state index in [9.17, 15) is 4.79 Å². The van der Waals surface area contributed by atoms with Crippen molar-refractivity contribution in [2.24, 2.45) is 0 Å². The summed E-state index contributed by atoms with van der Waals surface area (Å²) in [6.07, 6.45) is 4.74. The number of fused-ring (bicyclic) bond motifs is 3. The summed E-state index contributed by atoms with van der Waals surface area (Å²) in [5.74, 6) is -0.00133. The van der Waals surface area contributed by atoms with E-state index in [0.29, 0.717) is 0 Å². The van der Waals surface area contributed by atoms with Crippen LogP contribution in [0.25, 0.3) is 10.9 Å². The molecule has 0 saturated carbocycles. The second kappa shape index (κ2) is 5.85. The predicted octanol–water partition coefficient (Wildman–Crippen LogP) is 4.60. The Balaban J connectivity index is 1.62. The SMILES string of the molecule is CC(NC(=O)c1ccc2[nH]c3c(c2c1)CCCC3)c1cccs1. The van der Waals surface area contributed by atoms with Crippen molar-refractivity contribution in [3.05, 3.63) is 57.4 Å². The standard InChI is InChI=1S/C19H20N2OS/c1-12(18-7-4-10-23-18)20-19(22)13-8-9-17-15(11-13)14-5-2-3-6-16(14)21-17/h4,7-12,21H,2-3,5-6H2,1H3,(H,20,22). The maximum atomic E-state index is 12.6. The molecule has 2 aromatic heterocycles. The molecule has 4 heteroatoms. The van der Waals surface area contributed by atoms with Crippen LogP contribution in [0.1, 0.15) is 52.3 Å². The minimum atomic E-state index is -0.00133. The van der Waals surface area contributed by atoms with Crippen LogP contribution in [0.2, 0.25) is 0 Å². The number of benzene rings is 1. The van der Waals surface area contributed by atoms with Gasteiger partial charge in [0, 0.05) is 27.0 Å². The summed E-state index contributed by atoms with van der Waals surface area (Å²) in [6.45, 7) is 2.03. The number of aryl methyl sites for hydroxylation is 2. The third-order valence-electron chi connectivity index (χ3n) is 4.68. The van der Waals surface area contributed by atoms with E-state index in [0.717, 1.165) is 23.9 Å². The van der Waals surface area contributed by atoms with Gasteiger partial charge in [-0.15, -0.1) is 11.3 Å². The molecule has 1 aliphatic carbocycles. The van der Waals surface area contributed by atoms with Crippen LogP contribution in [-0.2, 0) is 12.8 Å². The number of carbonyl (C=O) groups excluding carboxylic acids is 1. The Hall–Kier alpha value is -2.07. The summed E-state index contributed by atoms with van der Waals surface area (Å²) in [5, 5.41) is 6.35. The molecule has 2 heterocycles. The molecule has 0 spiro atoms. The molecule has 0 aliphatic heterocycles. The highest BCUT2D eigenvalue weighted by atomic mass is 32.1. The highest BCUT2D eigenvalue weighted by Crippen LogP contribution is 2.30. The highest BCUT2D eigenvalue weighted by Gasteiger charge is 2.17. The molecule has 1 aliphatic rings. The molecule has 3 aromatic rings. The number of aromatic amines is 1. The number of H-pyrrole nitrogens is 1. The third kappa shape index (κ3) is 2.68. The van der Waals surface area contributed by atoms with E-state index in [4.69, 9.17) is 0 Å². The van der Waals surface area contributed by atoms with Gasteiger partial charge in [0.15, 0.2) is 0 Å². The lowest BCUT2D eigenvalue weighted by molar-refractivity contribution is 0.0940. The number of carbonyl (C=O) groups is 1. The maximum absolute atomic E-state index is 12.6. The number of thiophene rings is 1. The van der Waals surface area contributed by atoms with E-state index < -0.39 is 0 Å². The second-order valence-corrected chi connectivity index (χ2v) is 7.24. The van der Waals surface area contributed by atoms with Crippen LogP contribution in [-0.4, -0.2) is 10.9 Å². The van der Waals surface area contributed by atoms with Gasteiger partial charge in [0.25, 0.3) is 5.91 Å². The summed E-state index contributed by atoms with van der Waals surface area (Å²) in [7, 11) is 0. The molecule has 118 valence electrons.